The van der Waals surface area contributed by atoms with E-state index in [1.807, 2.05) is 79.4 Å². The number of nitrogens with zero attached hydrogens (tertiary/aromatic N) is 2. The van der Waals surface area contributed by atoms with Crippen molar-refractivity contribution in [3.05, 3.63) is 77.5 Å². The first-order valence-electron chi connectivity index (χ1n) is 11.1. The van der Waals surface area contributed by atoms with Crippen molar-refractivity contribution in [3.8, 4) is 0 Å². The van der Waals surface area contributed by atoms with E-state index in [0.717, 1.165) is 22.9 Å². The Bertz CT molecular complexity index is 1100. The zero-order valence-electron chi connectivity index (χ0n) is 18.6. The molecule has 1 aliphatic rings. The van der Waals surface area contributed by atoms with E-state index in [-0.39, 0.29) is 24.0 Å². The van der Waals surface area contributed by atoms with Crippen LogP contribution in [-0.4, -0.2) is 47.4 Å². The van der Waals surface area contributed by atoms with E-state index in [4.69, 9.17) is 9.72 Å². The van der Waals surface area contributed by atoms with Gasteiger partial charge in [0, 0.05) is 24.4 Å². The average molecular weight is 432 g/mol. The maximum absolute atomic E-state index is 12.9. The molecule has 0 unspecified atom stereocenters. The number of fused-ring (bicyclic) bond motifs is 1. The highest BCUT2D eigenvalue weighted by Gasteiger charge is 2.27. The lowest BCUT2D eigenvalue weighted by Gasteiger charge is -2.33. The third kappa shape index (κ3) is 5.14. The molecular weight excluding hydrogens is 402 g/mol. The Morgan fingerprint density at radius 2 is 1.88 bits per heavy atom. The van der Waals surface area contributed by atoms with Crippen LogP contribution in [0, 0.1) is 0 Å². The molecule has 0 aliphatic carbocycles. The quantitative estimate of drug-likeness (QED) is 0.642. The highest BCUT2D eigenvalue weighted by atomic mass is 16.5. The molecule has 2 heterocycles. The van der Waals surface area contributed by atoms with Crippen LogP contribution in [0.5, 0.6) is 0 Å². The summed E-state index contributed by atoms with van der Waals surface area (Å²) in [4.78, 5) is 32.3. The van der Waals surface area contributed by atoms with Crippen LogP contribution >= 0.6 is 0 Å². The SMILES string of the molecule is CC(C)NC(=O)c1cc([C@H]2CN(C(=O)CCc3ccccc3)CCO2)nc2ccccc12. The molecule has 32 heavy (non-hydrogen) atoms. The molecule has 3 aromatic rings. The molecule has 0 saturated carbocycles. The Labute approximate surface area is 188 Å². The summed E-state index contributed by atoms with van der Waals surface area (Å²) in [5.74, 6) is -0.0211. The second kappa shape index (κ2) is 9.92. The Kier molecular flexibility index (Phi) is 6.81. The molecule has 1 fully saturated rings. The smallest absolute Gasteiger partial charge is 0.252 e. The number of rotatable bonds is 6. The third-order valence-electron chi connectivity index (χ3n) is 5.62. The van der Waals surface area contributed by atoms with Gasteiger partial charge in [0.25, 0.3) is 5.91 Å². The maximum Gasteiger partial charge on any atom is 0.252 e. The Morgan fingerprint density at radius 3 is 2.66 bits per heavy atom. The topological polar surface area (TPSA) is 71.5 Å². The van der Waals surface area contributed by atoms with Gasteiger partial charge in [0.15, 0.2) is 0 Å². The van der Waals surface area contributed by atoms with E-state index in [1.165, 1.54) is 0 Å². The number of hydrogen-bond acceptors (Lipinski definition) is 4. The molecule has 1 N–H and O–H groups in total. The predicted molar refractivity (Wildman–Crippen MR) is 124 cm³/mol. The molecular formula is C26H29N3O3. The fourth-order valence-corrected chi connectivity index (χ4v) is 4.00. The zero-order valence-corrected chi connectivity index (χ0v) is 18.6. The monoisotopic (exact) mass is 431 g/mol. The number of morpholine rings is 1. The summed E-state index contributed by atoms with van der Waals surface area (Å²) in [6.45, 7) is 5.32. The number of hydrogen-bond donors (Lipinski definition) is 1. The van der Waals surface area contributed by atoms with Crippen molar-refractivity contribution in [2.45, 2.75) is 38.8 Å². The number of ether oxygens (including phenoxy) is 1. The first-order chi connectivity index (χ1) is 15.5. The molecule has 6 heteroatoms. The van der Waals surface area contributed by atoms with E-state index in [2.05, 4.69) is 5.32 Å². The summed E-state index contributed by atoms with van der Waals surface area (Å²) in [6, 6.07) is 19.5. The Hall–Kier alpha value is -3.25. The average Bonchev–Trinajstić information content (AvgIpc) is 2.82. The van der Waals surface area contributed by atoms with Gasteiger partial charge in [-0.2, -0.15) is 0 Å². The van der Waals surface area contributed by atoms with Crippen molar-refractivity contribution in [1.82, 2.24) is 15.2 Å². The van der Waals surface area contributed by atoms with Crippen LogP contribution in [0.15, 0.2) is 60.7 Å². The highest BCUT2D eigenvalue weighted by Crippen LogP contribution is 2.26. The van der Waals surface area contributed by atoms with Gasteiger partial charge in [0.05, 0.1) is 29.9 Å². The minimum atomic E-state index is -0.361. The zero-order chi connectivity index (χ0) is 22.5. The molecule has 1 saturated heterocycles. The number of amides is 2. The van der Waals surface area contributed by atoms with Crippen LogP contribution in [0.1, 0.15) is 48.0 Å². The summed E-state index contributed by atoms with van der Waals surface area (Å²) in [7, 11) is 0. The summed E-state index contributed by atoms with van der Waals surface area (Å²) in [6.07, 6.45) is 0.818. The van der Waals surface area contributed by atoms with Gasteiger partial charge < -0.3 is 15.0 Å². The second-order valence-electron chi connectivity index (χ2n) is 8.42. The lowest BCUT2D eigenvalue weighted by atomic mass is 10.0. The van der Waals surface area contributed by atoms with Crippen LogP contribution in [0.25, 0.3) is 10.9 Å². The fraction of sp³-hybridized carbons (Fsp3) is 0.346. The first-order valence-corrected chi connectivity index (χ1v) is 11.1. The van der Waals surface area contributed by atoms with Crippen molar-refractivity contribution in [2.75, 3.05) is 19.7 Å². The van der Waals surface area contributed by atoms with Crippen LogP contribution < -0.4 is 5.32 Å². The second-order valence-corrected chi connectivity index (χ2v) is 8.42. The molecule has 4 rings (SSSR count). The van der Waals surface area contributed by atoms with E-state index >= 15 is 0 Å². The van der Waals surface area contributed by atoms with Gasteiger partial charge in [0.2, 0.25) is 5.91 Å². The Morgan fingerprint density at radius 1 is 1.12 bits per heavy atom. The predicted octanol–water partition coefficient (Wildman–Crippen LogP) is 3.91. The number of benzene rings is 2. The van der Waals surface area contributed by atoms with Gasteiger partial charge in [-0.1, -0.05) is 48.5 Å². The van der Waals surface area contributed by atoms with Crippen molar-refractivity contribution >= 4 is 22.7 Å². The van der Waals surface area contributed by atoms with Crippen molar-refractivity contribution in [1.29, 1.82) is 0 Å². The van der Waals surface area contributed by atoms with Crippen LogP contribution in [-0.2, 0) is 16.0 Å². The van der Waals surface area contributed by atoms with Gasteiger partial charge in [-0.15, -0.1) is 0 Å². The molecule has 1 aliphatic heterocycles. The van der Waals surface area contributed by atoms with Gasteiger partial charge in [-0.3, -0.25) is 9.59 Å². The first kappa shape index (κ1) is 22.0. The highest BCUT2D eigenvalue weighted by molar-refractivity contribution is 6.06. The fourth-order valence-electron chi connectivity index (χ4n) is 4.00. The van der Waals surface area contributed by atoms with Gasteiger partial charge >= 0.3 is 0 Å². The van der Waals surface area contributed by atoms with Crippen LogP contribution in [0.4, 0.5) is 0 Å². The van der Waals surface area contributed by atoms with E-state index in [0.29, 0.717) is 37.4 Å². The molecule has 0 radical (unpaired) electrons. The molecule has 0 bridgehead atoms. The van der Waals surface area contributed by atoms with Crippen LogP contribution in [0.2, 0.25) is 0 Å². The number of nitrogens with one attached hydrogen (secondary N) is 1. The van der Waals surface area contributed by atoms with E-state index < -0.39 is 0 Å². The summed E-state index contributed by atoms with van der Waals surface area (Å²) in [5, 5.41) is 3.78. The molecule has 2 amide bonds. The number of carbonyl (C=O) groups is 2. The van der Waals surface area contributed by atoms with Gasteiger partial charge in [-0.05, 0) is 38.0 Å². The standard InChI is InChI=1S/C26H29N3O3/c1-18(2)27-26(31)21-16-23(28-22-11-7-6-10-20(21)22)24-17-29(14-15-32-24)25(30)13-12-19-8-4-3-5-9-19/h3-11,16,18,24H,12-15,17H2,1-2H3,(H,27,31)/t24-/m1/s1. The molecule has 1 atom stereocenters. The summed E-state index contributed by atoms with van der Waals surface area (Å²) < 4.78 is 5.98. The summed E-state index contributed by atoms with van der Waals surface area (Å²) >= 11 is 0. The lowest BCUT2D eigenvalue weighted by molar-refractivity contribution is -0.139. The van der Waals surface area contributed by atoms with E-state index in [1.54, 1.807) is 0 Å². The van der Waals surface area contributed by atoms with Crippen molar-refractivity contribution in [3.63, 3.8) is 0 Å². The number of carbonyl (C=O) groups excluding carboxylic acids is 2. The third-order valence-corrected chi connectivity index (χ3v) is 5.62. The molecule has 2 aromatic carbocycles. The number of para-hydroxylation sites is 1. The van der Waals surface area contributed by atoms with E-state index in [9.17, 15) is 9.59 Å². The summed E-state index contributed by atoms with van der Waals surface area (Å²) in [5.41, 5.74) is 3.16. The maximum atomic E-state index is 12.9. The number of aryl methyl sites for hydroxylation is 1. The largest absolute Gasteiger partial charge is 0.368 e. The molecule has 166 valence electrons. The molecule has 6 nitrogen and oxygen atoms in total. The van der Waals surface area contributed by atoms with Crippen molar-refractivity contribution in [2.24, 2.45) is 0 Å². The Balaban J connectivity index is 1.53. The molecule has 0 spiro atoms. The van der Waals surface area contributed by atoms with Gasteiger partial charge in [0.1, 0.15) is 6.10 Å². The molecule has 1 aromatic heterocycles. The van der Waals surface area contributed by atoms with Crippen LogP contribution in [0.3, 0.4) is 0 Å². The number of pyridine rings is 1. The lowest BCUT2D eigenvalue weighted by Crippen LogP contribution is -2.42. The van der Waals surface area contributed by atoms with Gasteiger partial charge in [-0.25, -0.2) is 4.98 Å². The van der Waals surface area contributed by atoms with Crippen molar-refractivity contribution < 1.29 is 14.3 Å². The minimum Gasteiger partial charge on any atom is -0.368 e. The normalized spacial score (nSPS) is 16.3. The number of aromatic nitrogens is 1. The minimum absolute atomic E-state index is 0.0292.